The van der Waals surface area contributed by atoms with E-state index in [-0.39, 0.29) is 42.6 Å². The normalized spacial score (nSPS) is 22.6. The van der Waals surface area contributed by atoms with Gasteiger partial charge in [0, 0.05) is 56.1 Å². The van der Waals surface area contributed by atoms with Gasteiger partial charge in [-0.1, -0.05) is 48.6 Å². The third-order valence-electron chi connectivity index (χ3n) is 12.5. The lowest BCUT2D eigenvalue weighted by Gasteiger charge is -2.37. The molecule has 3 aromatic carbocycles. The number of hydrogen-bond donors (Lipinski definition) is 3. The summed E-state index contributed by atoms with van der Waals surface area (Å²) >= 11 is 0. The second-order valence-corrected chi connectivity index (χ2v) is 21.0. The SMILES string of the molecule is C=CCN1C(=O)[C@]2(O[C@H](CCn3cc(CCO)nn3)[C@@H]([Si](C)(C)c3ccc(OC)cc3)[C@@H]2C)c2cc(N3C(=O)C(NCCCCO)Cc4cc(OCC)ccc43)ccc21. The molecule has 3 aliphatic rings. The van der Waals surface area contributed by atoms with Crippen LogP contribution < -0.4 is 29.8 Å². The lowest BCUT2D eigenvalue weighted by molar-refractivity contribution is -0.145. The van der Waals surface area contributed by atoms with Crippen LogP contribution >= 0.6 is 0 Å². The highest BCUT2D eigenvalue weighted by atomic mass is 28.3. The van der Waals surface area contributed by atoms with Crippen LogP contribution in [0.4, 0.5) is 17.1 Å². The van der Waals surface area contributed by atoms with Gasteiger partial charge in [0.1, 0.15) is 11.5 Å². The Balaban J connectivity index is 1.33. The number of unbranched alkanes of at least 4 members (excludes halogenated alkanes) is 1. The van der Waals surface area contributed by atoms with Crippen LogP contribution in [-0.4, -0.2) is 97.3 Å². The number of aliphatic hydroxyl groups is 2. The second-order valence-electron chi connectivity index (χ2n) is 16.3. The molecule has 5 atom stereocenters. The fourth-order valence-corrected chi connectivity index (χ4v) is 13.7. The van der Waals surface area contributed by atoms with Crippen molar-refractivity contribution in [2.45, 2.75) is 88.9 Å². The van der Waals surface area contributed by atoms with Gasteiger partial charge in [0.25, 0.3) is 5.91 Å². The van der Waals surface area contributed by atoms with E-state index >= 15 is 4.79 Å². The summed E-state index contributed by atoms with van der Waals surface area (Å²) in [6.07, 6.45) is 6.15. The molecule has 4 heterocycles. The molecule has 13 nitrogen and oxygen atoms in total. The first kappa shape index (κ1) is 42.3. The van der Waals surface area contributed by atoms with Crippen LogP contribution in [0.3, 0.4) is 0 Å². The Morgan fingerprint density at radius 2 is 1.80 bits per heavy atom. The number of aryl methyl sites for hydroxylation is 1. The Hall–Kier alpha value is -4.86. The zero-order chi connectivity index (χ0) is 41.9. The summed E-state index contributed by atoms with van der Waals surface area (Å²) in [4.78, 5) is 33.4. The number of carbonyl (C=O) groups is 2. The minimum atomic E-state index is -2.43. The summed E-state index contributed by atoms with van der Waals surface area (Å²) in [5.41, 5.74) is 3.24. The molecule has 4 aromatic rings. The highest BCUT2D eigenvalue weighted by Crippen LogP contribution is 2.60. The van der Waals surface area contributed by atoms with Gasteiger partial charge < -0.3 is 34.6 Å². The average Bonchev–Trinajstić information content (AvgIpc) is 3.88. The maximum Gasteiger partial charge on any atom is 0.264 e. The van der Waals surface area contributed by atoms with Crippen LogP contribution in [0.15, 0.2) is 79.5 Å². The number of hydrogen-bond acceptors (Lipinski definition) is 10. The van der Waals surface area contributed by atoms with Crippen LogP contribution in [0.2, 0.25) is 18.6 Å². The summed E-state index contributed by atoms with van der Waals surface area (Å²) in [6, 6.07) is 19.5. The van der Waals surface area contributed by atoms with E-state index in [9.17, 15) is 15.0 Å². The molecule has 3 N–H and O–H groups in total. The number of aliphatic hydroxyl groups excluding tert-OH is 2. The first-order valence-electron chi connectivity index (χ1n) is 20.9. The Labute approximate surface area is 348 Å². The number of methoxy groups -OCH3 is 1. The van der Waals surface area contributed by atoms with Crippen LogP contribution in [0.1, 0.15) is 49.9 Å². The van der Waals surface area contributed by atoms with Crippen molar-refractivity contribution >= 4 is 42.1 Å². The molecule has 59 heavy (non-hydrogen) atoms. The van der Waals surface area contributed by atoms with Gasteiger partial charge in [-0.25, -0.2) is 0 Å². The van der Waals surface area contributed by atoms with Crippen molar-refractivity contribution in [3.63, 3.8) is 0 Å². The topological polar surface area (TPSA) is 152 Å². The monoisotopic (exact) mass is 822 g/mol. The molecular formula is C45H58N6O7Si. The van der Waals surface area contributed by atoms with Gasteiger partial charge in [0.15, 0.2) is 5.60 Å². The van der Waals surface area contributed by atoms with E-state index in [1.54, 1.807) is 27.7 Å². The molecular weight excluding hydrogens is 765 g/mol. The number of fused-ring (bicyclic) bond motifs is 3. The molecule has 7 rings (SSSR count). The van der Waals surface area contributed by atoms with Crippen molar-refractivity contribution in [1.82, 2.24) is 20.3 Å². The number of carbonyl (C=O) groups excluding carboxylic acids is 2. The standard InChI is InChI=1S/C45H58N6O7Si/c1-7-22-50-40-17-11-33(51-39-18-14-35(57-8-2)26-31(39)27-38(43(51)54)46-21-9-10-24-52)28-37(40)45(44(50)55)30(3)42(59(5,6)36-15-12-34(56-4)13-16-36)41(58-45)19-23-49-29-32(20-25-53)47-48-49/h7,11-18,26,28-30,38,41-42,46,52-53H,1,8-10,19-25,27H2,2-6H3/t30-,38?,41+,42-,45+/m0/s1. The first-order chi connectivity index (χ1) is 28.5. The summed E-state index contributed by atoms with van der Waals surface area (Å²) < 4.78 is 20.6. The molecule has 1 unspecified atom stereocenters. The number of anilines is 3. The number of benzene rings is 3. The lowest BCUT2D eigenvalue weighted by Crippen LogP contribution is -2.52. The third kappa shape index (κ3) is 7.84. The van der Waals surface area contributed by atoms with Gasteiger partial charge in [0.05, 0.1) is 51.0 Å². The highest BCUT2D eigenvalue weighted by molar-refractivity contribution is 6.91. The highest BCUT2D eigenvalue weighted by Gasteiger charge is 2.66. The van der Waals surface area contributed by atoms with Gasteiger partial charge in [-0.15, -0.1) is 11.7 Å². The van der Waals surface area contributed by atoms with Gasteiger partial charge in [0.2, 0.25) is 5.91 Å². The predicted octanol–water partition coefficient (Wildman–Crippen LogP) is 5.01. The summed E-state index contributed by atoms with van der Waals surface area (Å²) in [5.74, 6) is 1.04. The second kappa shape index (κ2) is 17.8. The molecule has 1 spiro atoms. The van der Waals surface area contributed by atoms with Crippen LogP contribution in [-0.2, 0) is 39.3 Å². The smallest absolute Gasteiger partial charge is 0.264 e. The Bertz CT molecular complexity index is 2140. The molecule has 2 amide bonds. The first-order valence-corrected chi connectivity index (χ1v) is 23.9. The quantitative estimate of drug-likeness (QED) is 0.0710. The van der Waals surface area contributed by atoms with Gasteiger partial charge in [-0.3, -0.25) is 19.2 Å². The zero-order valence-electron chi connectivity index (χ0n) is 34.9. The molecule has 3 aliphatic heterocycles. The molecule has 1 aromatic heterocycles. The number of ether oxygens (including phenoxy) is 3. The number of amides is 2. The minimum absolute atomic E-state index is 0.0103. The van der Waals surface area contributed by atoms with E-state index in [0.29, 0.717) is 63.3 Å². The fourth-order valence-electron chi connectivity index (χ4n) is 9.68. The van der Waals surface area contributed by atoms with Crippen LogP contribution in [0, 0.1) is 5.92 Å². The Morgan fingerprint density at radius 1 is 1.03 bits per heavy atom. The van der Waals surface area contributed by atoms with Crippen LogP contribution in [0.25, 0.3) is 0 Å². The van der Waals surface area contributed by atoms with Crippen molar-refractivity contribution in [2.24, 2.45) is 5.92 Å². The van der Waals surface area contributed by atoms with Crippen molar-refractivity contribution < 1.29 is 34.0 Å². The summed E-state index contributed by atoms with van der Waals surface area (Å²) in [6.45, 7) is 14.8. The van der Waals surface area contributed by atoms with Crippen molar-refractivity contribution in [1.29, 1.82) is 0 Å². The number of aromatic nitrogens is 3. The van der Waals surface area contributed by atoms with E-state index in [1.807, 2.05) is 61.7 Å². The largest absolute Gasteiger partial charge is 0.497 e. The van der Waals surface area contributed by atoms with Crippen molar-refractivity contribution in [2.75, 3.05) is 49.8 Å². The Kier molecular flexibility index (Phi) is 12.7. The third-order valence-corrected chi connectivity index (χ3v) is 16.9. The molecule has 0 radical (unpaired) electrons. The maximum atomic E-state index is 15.2. The molecule has 1 fully saturated rings. The number of nitrogens with zero attached hydrogens (tertiary/aromatic N) is 5. The van der Waals surface area contributed by atoms with Crippen molar-refractivity contribution in [3.8, 4) is 11.5 Å². The molecule has 314 valence electrons. The minimum Gasteiger partial charge on any atom is -0.497 e. The maximum absolute atomic E-state index is 15.2. The molecule has 14 heteroatoms. The van der Waals surface area contributed by atoms with Gasteiger partial charge in [-0.2, -0.15) is 0 Å². The van der Waals surface area contributed by atoms with Crippen molar-refractivity contribution in [3.05, 3.63) is 96.3 Å². The van der Waals surface area contributed by atoms with E-state index in [2.05, 4.69) is 54.4 Å². The fraction of sp³-hybridized carbons (Fsp3) is 0.467. The predicted molar refractivity (Wildman–Crippen MR) is 231 cm³/mol. The van der Waals surface area contributed by atoms with Crippen LogP contribution in [0.5, 0.6) is 11.5 Å². The number of nitrogens with one attached hydrogen (secondary N) is 1. The molecule has 1 saturated heterocycles. The van der Waals surface area contributed by atoms with E-state index in [1.165, 1.54) is 5.19 Å². The summed E-state index contributed by atoms with van der Waals surface area (Å²) in [7, 11) is -0.770. The Morgan fingerprint density at radius 3 is 2.51 bits per heavy atom. The number of rotatable bonds is 18. The van der Waals surface area contributed by atoms with Gasteiger partial charge >= 0.3 is 0 Å². The van der Waals surface area contributed by atoms with E-state index < -0.39 is 19.7 Å². The molecule has 0 aliphatic carbocycles. The zero-order valence-corrected chi connectivity index (χ0v) is 35.9. The molecule has 0 bridgehead atoms. The summed E-state index contributed by atoms with van der Waals surface area (Å²) in [5, 5.41) is 32.2. The van der Waals surface area contributed by atoms with E-state index in [4.69, 9.17) is 14.2 Å². The lowest BCUT2D eigenvalue weighted by atomic mass is 9.82. The van der Waals surface area contributed by atoms with Gasteiger partial charge in [-0.05, 0) is 98.8 Å². The molecule has 0 saturated carbocycles. The van der Waals surface area contributed by atoms with E-state index in [0.717, 1.165) is 40.4 Å². The average molecular weight is 823 g/mol.